The average Bonchev–Trinajstić information content (AvgIpc) is 2.41. The second kappa shape index (κ2) is 6.73. The second-order valence-electron chi connectivity index (χ2n) is 4.92. The fourth-order valence-corrected chi connectivity index (χ4v) is 2.33. The SMILES string of the molecule is CCN(Cc1cccc(C)n1)Cc1ccc(Cl)cc1N. The molecule has 2 N–H and O–H groups in total. The van der Waals surface area contributed by atoms with Crippen LogP contribution in [0.2, 0.25) is 5.02 Å². The number of nitrogens with two attached hydrogens (primary N) is 1. The molecular formula is C16H20ClN3. The molecule has 0 bridgehead atoms. The van der Waals surface area contributed by atoms with E-state index in [1.165, 1.54) is 0 Å². The van der Waals surface area contributed by atoms with Gasteiger partial charge in [0.2, 0.25) is 0 Å². The van der Waals surface area contributed by atoms with Crippen LogP contribution in [-0.2, 0) is 13.1 Å². The van der Waals surface area contributed by atoms with Crippen molar-refractivity contribution in [2.45, 2.75) is 26.9 Å². The maximum absolute atomic E-state index is 6.02. The van der Waals surface area contributed by atoms with Crippen molar-refractivity contribution in [1.29, 1.82) is 0 Å². The summed E-state index contributed by atoms with van der Waals surface area (Å²) >= 11 is 5.93. The van der Waals surface area contributed by atoms with E-state index in [1.807, 2.05) is 31.2 Å². The predicted molar refractivity (Wildman–Crippen MR) is 84.6 cm³/mol. The molecule has 0 spiro atoms. The summed E-state index contributed by atoms with van der Waals surface area (Å²) < 4.78 is 0. The van der Waals surface area contributed by atoms with Gasteiger partial charge in [0.05, 0.1) is 5.69 Å². The molecule has 4 heteroatoms. The van der Waals surface area contributed by atoms with E-state index in [1.54, 1.807) is 6.07 Å². The smallest absolute Gasteiger partial charge is 0.0547 e. The van der Waals surface area contributed by atoms with E-state index in [9.17, 15) is 0 Å². The summed E-state index contributed by atoms with van der Waals surface area (Å²) in [5, 5.41) is 0.676. The highest BCUT2D eigenvalue weighted by Gasteiger charge is 2.08. The molecule has 0 radical (unpaired) electrons. The van der Waals surface area contributed by atoms with Crippen LogP contribution in [0.5, 0.6) is 0 Å². The summed E-state index contributed by atoms with van der Waals surface area (Å²) in [7, 11) is 0. The van der Waals surface area contributed by atoms with Crippen molar-refractivity contribution in [3.05, 3.63) is 58.4 Å². The van der Waals surface area contributed by atoms with E-state index in [-0.39, 0.29) is 0 Å². The van der Waals surface area contributed by atoms with E-state index in [0.717, 1.165) is 42.3 Å². The molecule has 0 fully saturated rings. The van der Waals surface area contributed by atoms with Crippen LogP contribution in [0.1, 0.15) is 23.9 Å². The van der Waals surface area contributed by atoms with Crippen LogP contribution in [0.15, 0.2) is 36.4 Å². The summed E-state index contributed by atoms with van der Waals surface area (Å²) in [5.41, 5.74) is 9.99. The lowest BCUT2D eigenvalue weighted by Gasteiger charge is -2.21. The first-order valence-electron chi connectivity index (χ1n) is 6.77. The molecule has 20 heavy (non-hydrogen) atoms. The van der Waals surface area contributed by atoms with Crippen LogP contribution in [0.25, 0.3) is 0 Å². The summed E-state index contributed by atoms with van der Waals surface area (Å²) in [6, 6.07) is 11.8. The molecule has 2 aromatic rings. The van der Waals surface area contributed by atoms with Gasteiger partial charge < -0.3 is 5.73 Å². The first kappa shape index (κ1) is 14.8. The molecule has 0 aliphatic rings. The Morgan fingerprint density at radius 3 is 2.65 bits per heavy atom. The summed E-state index contributed by atoms with van der Waals surface area (Å²) in [5.74, 6) is 0. The number of hydrogen-bond acceptors (Lipinski definition) is 3. The fraction of sp³-hybridized carbons (Fsp3) is 0.312. The van der Waals surface area contributed by atoms with Crippen molar-refractivity contribution in [3.8, 4) is 0 Å². The highest BCUT2D eigenvalue weighted by atomic mass is 35.5. The third kappa shape index (κ3) is 3.95. The number of benzene rings is 1. The molecule has 1 heterocycles. The Kier molecular flexibility index (Phi) is 4.99. The number of aryl methyl sites for hydroxylation is 1. The Morgan fingerprint density at radius 1 is 1.20 bits per heavy atom. The van der Waals surface area contributed by atoms with E-state index >= 15 is 0 Å². The Bertz CT molecular complexity index is 584. The first-order chi connectivity index (χ1) is 9.58. The van der Waals surface area contributed by atoms with Crippen LogP contribution in [0, 0.1) is 6.92 Å². The number of halogens is 1. The number of nitrogen functional groups attached to an aromatic ring is 1. The maximum Gasteiger partial charge on any atom is 0.0547 e. The van der Waals surface area contributed by atoms with Gasteiger partial charge in [0, 0.05) is 29.5 Å². The van der Waals surface area contributed by atoms with Crippen LogP contribution >= 0.6 is 11.6 Å². The van der Waals surface area contributed by atoms with Crippen LogP contribution in [0.4, 0.5) is 5.69 Å². The Hall–Kier alpha value is -1.58. The van der Waals surface area contributed by atoms with Crippen molar-refractivity contribution in [3.63, 3.8) is 0 Å². The number of pyridine rings is 1. The Morgan fingerprint density at radius 2 is 2.00 bits per heavy atom. The molecule has 1 aromatic carbocycles. The van der Waals surface area contributed by atoms with Crippen molar-refractivity contribution in [2.24, 2.45) is 0 Å². The van der Waals surface area contributed by atoms with Gasteiger partial charge in [-0.15, -0.1) is 0 Å². The van der Waals surface area contributed by atoms with Gasteiger partial charge in [-0.25, -0.2) is 0 Å². The molecule has 0 atom stereocenters. The monoisotopic (exact) mass is 289 g/mol. The third-order valence-corrected chi connectivity index (χ3v) is 3.52. The number of rotatable bonds is 5. The van der Waals surface area contributed by atoms with Gasteiger partial charge in [0.1, 0.15) is 0 Å². The van der Waals surface area contributed by atoms with Gasteiger partial charge in [-0.05, 0) is 43.3 Å². The van der Waals surface area contributed by atoms with E-state index in [4.69, 9.17) is 17.3 Å². The van der Waals surface area contributed by atoms with Gasteiger partial charge in [-0.1, -0.05) is 30.7 Å². The lowest BCUT2D eigenvalue weighted by Crippen LogP contribution is -2.23. The zero-order valence-electron chi connectivity index (χ0n) is 11.9. The molecule has 1 aromatic heterocycles. The summed E-state index contributed by atoms with van der Waals surface area (Å²) in [6.45, 7) is 6.71. The standard InChI is InChI=1S/C16H20ClN3/c1-3-20(11-15-6-4-5-12(2)19-15)10-13-7-8-14(17)9-16(13)18/h4-9H,3,10-11,18H2,1-2H3. The summed E-state index contributed by atoms with van der Waals surface area (Å²) in [4.78, 5) is 6.85. The van der Waals surface area contributed by atoms with E-state index in [0.29, 0.717) is 5.02 Å². The molecule has 3 nitrogen and oxygen atoms in total. The Labute approximate surface area is 125 Å². The van der Waals surface area contributed by atoms with Crippen LogP contribution in [0.3, 0.4) is 0 Å². The van der Waals surface area contributed by atoms with Crippen LogP contribution < -0.4 is 5.73 Å². The molecule has 106 valence electrons. The number of anilines is 1. The highest BCUT2D eigenvalue weighted by molar-refractivity contribution is 6.30. The lowest BCUT2D eigenvalue weighted by molar-refractivity contribution is 0.268. The topological polar surface area (TPSA) is 42.2 Å². The van der Waals surface area contributed by atoms with Crippen LogP contribution in [-0.4, -0.2) is 16.4 Å². The third-order valence-electron chi connectivity index (χ3n) is 3.28. The molecule has 0 amide bonds. The summed E-state index contributed by atoms with van der Waals surface area (Å²) in [6.07, 6.45) is 0. The molecular weight excluding hydrogens is 270 g/mol. The minimum Gasteiger partial charge on any atom is -0.398 e. The zero-order chi connectivity index (χ0) is 14.5. The predicted octanol–water partition coefficient (Wildman–Crippen LogP) is 3.65. The lowest BCUT2D eigenvalue weighted by atomic mass is 10.1. The van der Waals surface area contributed by atoms with Crippen molar-refractivity contribution >= 4 is 17.3 Å². The first-order valence-corrected chi connectivity index (χ1v) is 7.15. The van der Waals surface area contributed by atoms with Crippen molar-refractivity contribution in [2.75, 3.05) is 12.3 Å². The number of nitrogens with zero attached hydrogens (tertiary/aromatic N) is 2. The normalized spacial score (nSPS) is 11.0. The van der Waals surface area contributed by atoms with E-state index in [2.05, 4.69) is 22.9 Å². The van der Waals surface area contributed by atoms with Gasteiger partial charge in [0.15, 0.2) is 0 Å². The molecule has 0 saturated carbocycles. The quantitative estimate of drug-likeness (QED) is 0.855. The Balaban J connectivity index is 2.09. The molecule has 0 saturated heterocycles. The van der Waals surface area contributed by atoms with Crippen molar-refractivity contribution < 1.29 is 0 Å². The fourth-order valence-electron chi connectivity index (χ4n) is 2.15. The molecule has 0 aliphatic carbocycles. The highest BCUT2D eigenvalue weighted by Crippen LogP contribution is 2.20. The van der Waals surface area contributed by atoms with E-state index < -0.39 is 0 Å². The second-order valence-corrected chi connectivity index (χ2v) is 5.35. The minimum absolute atomic E-state index is 0.676. The van der Waals surface area contributed by atoms with Gasteiger partial charge >= 0.3 is 0 Å². The number of aromatic nitrogens is 1. The van der Waals surface area contributed by atoms with Crippen molar-refractivity contribution in [1.82, 2.24) is 9.88 Å². The minimum atomic E-state index is 0.676. The zero-order valence-corrected chi connectivity index (χ0v) is 12.7. The number of hydrogen-bond donors (Lipinski definition) is 1. The maximum atomic E-state index is 6.02. The molecule has 2 rings (SSSR count). The van der Waals surface area contributed by atoms with Gasteiger partial charge in [-0.2, -0.15) is 0 Å². The molecule has 0 unspecified atom stereocenters. The molecule has 0 aliphatic heterocycles. The largest absolute Gasteiger partial charge is 0.398 e. The average molecular weight is 290 g/mol. The van der Waals surface area contributed by atoms with Gasteiger partial charge in [0.25, 0.3) is 0 Å². The van der Waals surface area contributed by atoms with Gasteiger partial charge in [-0.3, -0.25) is 9.88 Å².